The van der Waals surface area contributed by atoms with Gasteiger partial charge in [-0.15, -0.1) is 0 Å². The number of carboxylic acid groups (broad SMARTS) is 1. The minimum absolute atomic E-state index is 0.00157. The van der Waals surface area contributed by atoms with Gasteiger partial charge in [-0.1, -0.05) is 35.8 Å². The smallest absolute Gasteiger partial charge is 0.353 e. The third kappa shape index (κ3) is 4.84. The topological polar surface area (TPSA) is 171 Å². The van der Waals surface area contributed by atoms with E-state index in [1.54, 1.807) is 18.2 Å². The summed E-state index contributed by atoms with van der Waals surface area (Å²) in [6, 6.07) is 4.50. The maximum absolute atomic E-state index is 13.0. The third-order valence-electron chi connectivity index (χ3n) is 5.42. The molecule has 0 aliphatic heterocycles. The molecule has 3 aromatic rings. The second-order valence-corrected chi connectivity index (χ2v) is 11.0. The molecule has 1 aliphatic carbocycles. The highest BCUT2D eigenvalue weighted by atomic mass is 32.2. The summed E-state index contributed by atoms with van der Waals surface area (Å²) in [5.41, 5.74) is 1.32. The number of hydrogen-bond acceptors (Lipinski definition) is 8. The number of H-pyrrole nitrogens is 1. The van der Waals surface area contributed by atoms with Gasteiger partial charge in [0.15, 0.2) is 10.9 Å². The number of amides is 2. The number of carbonyl (C=O) groups excluding carboxylic acids is 2. The number of benzene rings is 1. The average Bonchev–Trinajstić information content (AvgIpc) is 3.55. The first-order valence-electron chi connectivity index (χ1n) is 10.4. The van der Waals surface area contributed by atoms with Crippen LogP contribution in [-0.2, 0) is 9.84 Å². The van der Waals surface area contributed by atoms with Crippen LogP contribution < -0.4 is 10.6 Å². The minimum Gasteiger partial charge on any atom is -0.477 e. The molecule has 13 heteroatoms. The van der Waals surface area contributed by atoms with E-state index in [9.17, 15) is 22.8 Å². The molecular formula is C21H21N5O6S2. The normalized spacial score (nSPS) is 14.1. The van der Waals surface area contributed by atoms with Gasteiger partial charge in [-0.2, -0.15) is 0 Å². The number of Topliss-reactive ketones (excluding diaryl/α,β-unsaturated/α-hetero) is 1. The number of nitrogens with one attached hydrogen (secondary N) is 3. The maximum atomic E-state index is 13.0. The lowest BCUT2D eigenvalue weighted by atomic mass is 9.94. The SMILES string of the molecule is Cc1ccc(NC(=O)Nc2ncc(S(=O)(=O)c3ncc(C(=O)O)[nH]3)s2)c(C(=O)C2CCCC2)c1. The van der Waals surface area contributed by atoms with Crippen LogP contribution in [0, 0.1) is 12.8 Å². The number of imidazole rings is 1. The highest BCUT2D eigenvalue weighted by Gasteiger charge is 2.27. The number of thiazole rings is 1. The standard InChI is InChI=1S/C21H21N5O6S2/c1-11-6-7-14(13(8-11)17(27)12-4-2-3-5-12)24-19(30)26-20-22-10-16(33-20)34(31,32)21-23-9-15(25-21)18(28)29/h6-10,12H,2-5H2,1H3,(H,23,25)(H,28,29)(H2,22,24,26,30). The van der Waals surface area contributed by atoms with Crippen LogP contribution in [0.5, 0.6) is 0 Å². The Hall–Kier alpha value is -3.58. The van der Waals surface area contributed by atoms with Gasteiger partial charge in [-0.3, -0.25) is 10.1 Å². The molecule has 1 saturated carbocycles. The molecule has 4 rings (SSSR count). The quantitative estimate of drug-likeness (QED) is 0.353. The van der Waals surface area contributed by atoms with Gasteiger partial charge in [-0.25, -0.2) is 28.0 Å². The van der Waals surface area contributed by atoms with E-state index < -0.39 is 27.0 Å². The number of aromatic carboxylic acids is 1. The van der Waals surface area contributed by atoms with Crippen LogP contribution in [0.15, 0.2) is 40.0 Å². The van der Waals surface area contributed by atoms with Crippen molar-refractivity contribution in [2.24, 2.45) is 5.92 Å². The molecule has 0 spiro atoms. The van der Waals surface area contributed by atoms with Crippen LogP contribution in [0.25, 0.3) is 0 Å². The number of rotatable bonds is 7. The summed E-state index contributed by atoms with van der Waals surface area (Å²) in [7, 11) is -4.15. The maximum Gasteiger partial charge on any atom is 0.353 e. The Morgan fingerprint density at radius 1 is 1.12 bits per heavy atom. The number of aromatic nitrogens is 3. The largest absolute Gasteiger partial charge is 0.477 e. The van der Waals surface area contributed by atoms with Crippen molar-refractivity contribution >= 4 is 49.8 Å². The second kappa shape index (κ2) is 9.35. The summed E-state index contributed by atoms with van der Waals surface area (Å²) in [5.74, 6) is -1.40. The van der Waals surface area contributed by atoms with E-state index in [1.165, 1.54) is 0 Å². The lowest BCUT2D eigenvalue weighted by Gasteiger charge is -2.14. The van der Waals surface area contributed by atoms with Gasteiger partial charge in [0.05, 0.1) is 18.1 Å². The van der Waals surface area contributed by atoms with Crippen LogP contribution in [0.2, 0.25) is 0 Å². The van der Waals surface area contributed by atoms with E-state index in [1.807, 2.05) is 6.92 Å². The van der Waals surface area contributed by atoms with Crippen molar-refractivity contribution in [3.63, 3.8) is 0 Å². The number of sulfone groups is 1. The Kier molecular flexibility index (Phi) is 6.48. The van der Waals surface area contributed by atoms with Gasteiger partial charge in [0.2, 0.25) is 5.16 Å². The van der Waals surface area contributed by atoms with E-state index in [0.717, 1.165) is 43.6 Å². The second-order valence-electron chi connectivity index (χ2n) is 7.87. The predicted octanol–water partition coefficient (Wildman–Crippen LogP) is 3.72. The highest BCUT2D eigenvalue weighted by molar-refractivity contribution is 7.93. The van der Waals surface area contributed by atoms with E-state index in [-0.39, 0.29) is 26.7 Å². The number of nitrogens with zero attached hydrogens (tertiary/aromatic N) is 2. The molecule has 11 nitrogen and oxygen atoms in total. The number of ketones is 1. The van der Waals surface area contributed by atoms with E-state index >= 15 is 0 Å². The van der Waals surface area contributed by atoms with Gasteiger partial charge in [0.1, 0.15) is 9.90 Å². The first-order valence-corrected chi connectivity index (χ1v) is 12.7. The summed E-state index contributed by atoms with van der Waals surface area (Å²) in [5, 5.41) is 13.5. The number of urea groups is 1. The molecular weight excluding hydrogens is 482 g/mol. The van der Waals surface area contributed by atoms with E-state index in [0.29, 0.717) is 22.6 Å². The fourth-order valence-corrected chi connectivity index (χ4v) is 5.99. The number of aromatic amines is 1. The van der Waals surface area contributed by atoms with Gasteiger partial charge in [0.25, 0.3) is 9.84 Å². The monoisotopic (exact) mass is 503 g/mol. The van der Waals surface area contributed by atoms with Crippen LogP contribution in [0.4, 0.5) is 15.6 Å². The van der Waals surface area contributed by atoms with Crippen LogP contribution >= 0.6 is 11.3 Å². The third-order valence-corrected chi connectivity index (χ3v) is 8.39. The molecule has 2 heterocycles. The molecule has 4 N–H and O–H groups in total. The summed E-state index contributed by atoms with van der Waals surface area (Å²) in [6.07, 6.45) is 5.62. The zero-order valence-corrected chi connectivity index (χ0v) is 19.6. The van der Waals surface area contributed by atoms with Crippen molar-refractivity contribution in [3.05, 3.63) is 47.4 Å². The minimum atomic E-state index is -4.15. The van der Waals surface area contributed by atoms with Crippen molar-refractivity contribution in [1.82, 2.24) is 15.0 Å². The van der Waals surface area contributed by atoms with Crippen molar-refractivity contribution in [3.8, 4) is 0 Å². The first-order chi connectivity index (χ1) is 16.1. The lowest BCUT2D eigenvalue weighted by Crippen LogP contribution is -2.22. The molecule has 2 aromatic heterocycles. The summed E-state index contributed by atoms with van der Waals surface area (Å²) >= 11 is 0.679. The molecule has 0 atom stereocenters. The Balaban J connectivity index is 1.48. The van der Waals surface area contributed by atoms with Crippen LogP contribution in [0.1, 0.15) is 52.1 Å². The van der Waals surface area contributed by atoms with E-state index in [4.69, 9.17) is 5.11 Å². The molecule has 34 heavy (non-hydrogen) atoms. The van der Waals surface area contributed by atoms with Crippen molar-refractivity contribution in [2.75, 3.05) is 10.6 Å². The molecule has 0 saturated heterocycles. The Morgan fingerprint density at radius 3 is 2.53 bits per heavy atom. The predicted molar refractivity (Wildman–Crippen MR) is 123 cm³/mol. The fourth-order valence-electron chi connectivity index (χ4n) is 3.71. The number of hydrogen-bond donors (Lipinski definition) is 4. The molecule has 0 bridgehead atoms. The first kappa shape index (κ1) is 23.6. The summed E-state index contributed by atoms with van der Waals surface area (Å²) < 4.78 is 25.1. The lowest BCUT2D eigenvalue weighted by molar-refractivity contribution is 0.0690. The number of anilines is 2. The van der Waals surface area contributed by atoms with Gasteiger partial charge in [0, 0.05) is 11.5 Å². The zero-order valence-electron chi connectivity index (χ0n) is 18.0. The molecule has 178 valence electrons. The number of aryl methyl sites for hydroxylation is 1. The van der Waals surface area contributed by atoms with Crippen molar-refractivity contribution < 1.29 is 27.9 Å². The zero-order chi connectivity index (χ0) is 24.5. The molecule has 0 unspecified atom stereocenters. The molecule has 1 fully saturated rings. The highest BCUT2D eigenvalue weighted by Crippen LogP contribution is 2.31. The van der Waals surface area contributed by atoms with Gasteiger partial charge in [-0.05, 0) is 31.9 Å². The Morgan fingerprint density at radius 2 is 1.85 bits per heavy atom. The Labute approximate surface area is 198 Å². The molecule has 1 aliphatic rings. The average molecular weight is 504 g/mol. The summed E-state index contributed by atoms with van der Waals surface area (Å²) in [4.78, 5) is 46.2. The van der Waals surface area contributed by atoms with Crippen LogP contribution in [-0.4, -0.2) is 46.3 Å². The van der Waals surface area contributed by atoms with Gasteiger partial charge < -0.3 is 15.4 Å². The van der Waals surface area contributed by atoms with Crippen molar-refractivity contribution in [1.29, 1.82) is 0 Å². The molecule has 0 radical (unpaired) electrons. The van der Waals surface area contributed by atoms with Gasteiger partial charge >= 0.3 is 12.0 Å². The Bertz CT molecular complexity index is 1370. The summed E-state index contributed by atoms with van der Waals surface area (Å²) in [6.45, 7) is 1.87. The number of carboxylic acids is 1. The molecule has 1 aromatic carbocycles. The van der Waals surface area contributed by atoms with E-state index in [2.05, 4.69) is 25.6 Å². The fraction of sp³-hybridized carbons (Fsp3) is 0.286. The van der Waals surface area contributed by atoms with Crippen LogP contribution in [0.3, 0.4) is 0 Å². The number of carbonyl (C=O) groups is 3. The molecule has 2 amide bonds. The van der Waals surface area contributed by atoms with Crippen molar-refractivity contribution in [2.45, 2.75) is 42.0 Å².